The van der Waals surface area contributed by atoms with Gasteiger partial charge in [0.2, 0.25) is 5.91 Å². The van der Waals surface area contributed by atoms with Crippen LogP contribution in [0.1, 0.15) is 13.8 Å². The molecule has 0 aromatic carbocycles. The Labute approximate surface area is 64.2 Å². The molecule has 0 fully saturated rings. The minimum Gasteiger partial charge on any atom is -0.480 e. The lowest BCUT2D eigenvalue weighted by Gasteiger charge is -2.13. The molecule has 5 nitrogen and oxygen atoms in total. The summed E-state index contributed by atoms with van der Waals surface area (Å²) < 4.78 is 0. The van der Waals surface area contributed by atoms with Crippen LogP contribution in [0.2, 0.25) is 0 Å². The molecule has 0 saturated heterocycles. The summed E-state index contributed by atoms with van der Waals surface area (Å²) >= 11 is 0. The number of carbonyl (C=O) groups is 2. The highest BCUT2D eigenvalue weighted by molar-refractivity contribution is 5.81. The average Bonchev–Trinajstić information content (AvgIpc) is 1.84. The second-order valence-corrected chi connectivity index (χ2v) is 2.44. The third kappa shape index (κ3) is 3.57. The Morgan fingerprint density at radius 2 is 1.91 bits per heavy atom. The van der Waals surface area contributed by atoms with Crippen LogP contribution in [0.3, 0.4) is 0 Å². The number of hydroxylamine groups is 2. The summed E-state index contributed by atoms with van der Waals surface area (Å²) in [4.78, 5) is 20.8. The molecular formula is C6H11NO4. The first-order valence-corrected chi connectivity index (χ1v) is 3.17. The molecule has 0 aliphatic rings. The third-order valence-corrected chi connectivity index (χ3v) is 1.03. The number of carboxylic acid groups (broad SMARTS) is 1. The SMILES string of the molecule is CC(C)C(=O)N(O)CC(=O)O. The van der Waals surface area contributed by atoms with Gasteiger partial charge in [-0.3, -0.25) is 14.8 Å². The summed E-state index contributed by atoms with van der Waals surface area (Å²) in [6, 6.07) is 0. The fraction of sp³-hybridized carbons (Fsp3) is 0.667. The quantitative estimate of drug-likeness (QED) is 0.449. The molecule has 0 unspecified atom stereocenters. The summed E-state index contributed by atoms with van der Waals surface area (Å²) in [5.74, 6) is -2.21. The third-order valence-electron chi connectivity index (χ3n) is 1.03. The van der Waals surface area contributed by atoms with Crippen LogP contribution in [0.4, 0.5) is 0 Å². The molecule has 0 atom stereocenters. The predicted molar refractivity (Wildman–Crippen MR) is 36.0 cm³/mol. The standard InChI is InChI=1S/C6H11NO4/c1-4(2)6(10)7(11)3-5(8)9/h4,11H,3H2,1-2H3,(H,8,9). The van der Waals surface area contributed by atoms with Gasteiger partial charge < -0.3 is 5.11 Å². The van der Waals surface area contributed by atoms with Gasteiger partial charge in [-0.1, -0.05) is 13.8 Å². The van der Waals surface area contributed by atoms with Crippen molar-refractivity contribution in [3.63, 3.8) is 0 Å². The van der Waals surface area contributed by atoms with Gasteiger partial charge in [-0.05, 0) is 0 Å². The van der Waals surface area contributed by atoms with E-state index in [-0.39, 0.29) is 11.0 Å². The van der Waals surface area contributed by atoms with Gasteiger partial charge in [-0.25, -0.2) is 5.06 Å². The van der Waals surface area contributed by atoms with E-state index in [0.717, 1.165) is 0 Å². The number of hydrogen-bond donors (Lipinski definition) is 2. The van der Waals surface area contributed by atoms with Crippen LogP contribution in [0.5, 0.6) is 0 Å². The van der Waals surface area contributed by atoms with Crippen molar-refractivity contribution in [2.45, 2.75) is 13.8 Å². The molecule has 64 valence electrons. The number of hydrogen-bond acceptors (Lipinski definition) is 3. The van der Waals surface area contributed by atoms with Crippen molar-refractivity contribution in [2.24, 2.45) is 5.92 Å². The molecule has 0 spiro atoms. The van der Waals surface area contributed by atoms with Crippen LogP contribution in [-0.2, 0) is 9.59 Å². The van der Waals surface area contributed by atoms with E-state index < -0.39 is 18.4 Å². The van der Waals surface area contributed by atoms with Crippen molar-refractivity contribution in [3.05, 3.63) is 0 Å². The lowest BCUT2D eigenvalue weighted by atomic mass is 10.2. The molecular weight excluding hydrogens is 150 g/mol. The number of carbonyl (C=O) groups excluding carboxylic acids is 1. The molecule has 2 N–H and O–H groups in total. The molecule has 11 heavy (non-hydrogen) atoms. The van der Waals surface area contributed by atoms with Gasteiger partial charge in [0.1, 0.15) is 6.54 Å². The average molecular weight is 161 g/mol. The van der Waals surface area contributed by atoms with Crippen molar-refractivity contribution in [2.75, 3.05) is 6.54 Å². The number of amides is 1. The molecule has 0 aromatic rings. The number of nitrogens with zero attached hydrogens (tertiary/aromatic N) is 1. The van der Waals surface area contributed by atoms with Crippen molar-refractivity contribution in [1.29, 1.82) is 0 Å². The predicted octanol–water partition coefficient (Wildman–Crippen LogP) is -0.0552. The Hall–Kier alpha value is -1.10. The highest BCUT2D eigenvalue weighted by Gasteiger charge is 2.16. The zero-order chi connectivity index (χ0) is 9.02. The van der Waals surface area contributed by atoms with Crippen LogP contribution >= 0.6 is 0 Å². The number of carboxylic acids is 1. The minimum atomic E-state index is -1.23. The summed E-state index contributed by atoms with van der Waals surface area (Å²) in [7, 11) is 0. The van der Waals surface area contributed by atoms with Crippen LogP contribution in [0, 0.1) is 5.92 Å². The van der Waals surface area contributed by atoms with E-state index in [2.05, 4.69) is 0 Å². The van der Waals surface area contributed by atoms with Gasteiger partial charge in [0.05, 0.1) is 0 Å². The zero-order valence-corrected chi connectivity index (χ0v) is 6.44. The molecule has 0 aliphatic heterocycles. The highest BCUT2D eigenvalue weighted by atomic mass is 16.5. The van der Waals surface area contributed by atoms with Crippen molar-refractivity contribution >= 4 is 11.9 Å². The molecule has 0 aliphatic carbocycles. The second kappa shape index (κ2) is 3.92. The first-order valence-electron chi connectivity index (χ1n) is 3.17. The first-order chi connectivity index (χ1) is 4.95. The van der Waals surface area contributed by atoms with E-state index in [1.807, 2.05) is 0 Å². The summed E-state index contributed by atoms with van der Waals surface area (Å²) in [5, 5.41) is 17.1. The molecule has 0 aromatic heterocycles. The fourth-order valence-corrected chi connectivity index (χ4v) is 0.504. The molecule has 0 saturated carbocycles. The fourth-order valence-electron chi connectivity index (χ4n) is 0.504. The topological polar surface area (TPSA) is 77.8 Å². The van der Waals surface area contributed by atoms with Gasteiger partial charge in [0.25, 0.3) is 0 Å². The largest absolute Gasteiger partial charge is 0.480 e. The number of aliphatic carboxylic acids is 1. The summed E-state index contributed by atoms with van der Waals surface area (Å²) in [6.07, 6.45) is 0. The van der Waals surface area contributed by atoms with Crippen molar-refractivity contribution < 1.29 is 19.9 Å². The molecule has 0 heterocycles. The maximum atomic E-state index is 10.8. The Bertz CT molecular complexity index is 166. The highest BCUT2D eigenvalue weighted by Crippen LogP contribution is 1.97. The van der Waals surface area contributed by atoms with Crippen LogP contribution in [0.25, 0.3) is 0 Å². The summed E-state index contributed by atoms with van der Waals surface area (Å²) in [5.41, 5.74) is 0. The van der Waals surface area contributed by atoms with Crippen molar-refractivity contribution in [1.82, 2.24) is 5.06 Å². The van der Waals surface area contributed by atoms with Gasteiger partial charge in [0.15, 0.2) is 0 Å². The molecule has 0 radical (unpaired) electrons. The lowest BCUT2D eigenvalue weighted by molar-refractivity contribution is -0.176. The van der Waals surface area contributed by atoms with Crippen LogP contribution < -0.4 is 0 Å². The maximum Gasteiger partial charge on any atom is 0.325 e. The van der Waals surface area contributed by atoms with E-state index in [1.165, 1.54) is 0 Å². The Kier molecular flexibility index (Phi) is 3.53. The molecule has 0 bridgehead atoms. The lowest BCUT2D eigenvalue weighted by Crippen LogP contribution is -2.35. The number of rotatable bonds is 3. The molecule has 1 amide bonds. The summed E-state index contributed by atoms with van der Waals surface area (Å²) in [6.45, 7) is 2.48. The van der Waals surface area contributed by atoms with Gasteiger partial charge in [0, 0.05) is 5.92 Å². The molecule has 5 heteroatoms. The minimum absolute atomic E-state index is 0.201. The van der Waals surface area contributed by atoms with Gasteiger partial charge in [-0.2, -0.15) is 0 Å². The normalized spacial score (nSPS) is 9.82. The van der Waals surface area contributed by atoms with E-state index >= 15 is 0 Å². The van der Waals surface area contributed by atoms with Crippen LogP contribution in [0.15, 0.2) is 0 Å². The zero-order valence-electron chi connectivity index (χ0n) is 6.44. The monoisotopic (exact) mass is 161 g/mol. The maximum absolute atomic E-state index is 10.8. The smallest absolute Gasteiger partial charge is 0.325 e. The Balaban J connectivity index is 3.93. The van der Waals surface area contributed by atoms with Gasteiger partial charge >= 0.3 is 5.97 Å². The van der Waals surface area contributed by atoms with E-state index in [1.54, 1.807) is 13.8 Å². The van der Waals surface area contributed by atoms with E-state index in [0.29, 0.717) is 0 Å². The van der Waals surface area contributed by atoms with Gasteiger partial charge in [-0.15, -0.1) is 0 Å². The Morgan fingerprint density at radius 1 is 1.45 bits per heavy atom. The Morgan fingerprint density at radius 3 is 2.18 bits per heavy atom. The van der Waals surface area contributed by atoms with E-state index in [9.17, 15) is 9.59 Å². The second-order valence-electron chi connectivity index (χ2n) is 2.44. The first kappa shape index (κ1) is 9.90. The van der Waals surface area contributed by atoms with Crippen LogP contribution in [-0.4, -0.2) is 33.8 Å². The molecule has 0 rings (SSSR count). The van der Waals surface area contributed by atoms with E-state index in [4.69, 9.17) is 10.3 Å². The van der Waals surface area contributed by atoms with Crippen molar-refractivity contribution in [3.8, 4) is 0 Å².